The molecule has 0 saturated carbocycles. The molecule has 0 bridgehead atoms. The highest BCUT2D eigenvalue weighted by Crippen LogP contribution is 2.15. The molecular weight excluding hydrogens is 256 g/mol. The van der Waals surface area contributed by atoms with E-state index in [1.165, 1.54) is 11.3 Å². The standard InChI is InChI=1S/C10H16N4O3S/c1-4-6-13-14-10(18-6)12-9(17)11-7(5(2)3)8(15)16/h5,7H,4H2,1-3H3,(H,15,16)(H2,11,12,14,17). The fourth-order valence-corrected chi connectivity index (χ4v) is 1.91. The molecule has 7 nitrogen and oxygen atoms in total. The number of nitrogens with zero attached hydrogens (tertiary/aromatic N) is 2. The number of aliphatic carboxylic acids is 1. The summed E-state index contributed by atoms with van der Waals surface area (Å²) in [4.78, 5) is 22.5. The van der Waals surface area contributed by atoms with Crippen LogP contribution in [0.2, 0.25) is 0 Å². The van der Waals surface area contributed by atoms with Gasteiger partial charge in [-0.1, -0.05) is 32.1 Å². The van der Waals surface area contributed by atoms with Crippen LogP contribution in [0, 0.1) is 5.92 Å². The summed E-state index contributed by atoms with van der Waals surface area (Å²) < 4.78 is 0. The highest BCUT2D eigenvalue weighted by molar-refractivity contribution is 7.15. The van der Waals surface area contributed by atoms with E-state index in [2.05, 4.69) is 20.8 Å². The van der Waals surface area contributed by atoms with Crippen LogP contribution in [0.3, 0.4) is 0 Å². The third-order valence-electron chi connectivity index (χ3n) is 2.21. The molecule has 18 heavy (non-hydrogen) atoms. The molecule has 0 aliphatic carbocycles. The van der Waals surface area contributed by atoms with E-state index in [0.717, 1.165) is 11.4 Å². The van der Waals surface area contributed by atoms with Crippen LogP contribution in [0.25, 0.3) is 0 Å². The molecule has 100 valence electrons. The molecule has 3 N–H and O–H groups in total. The molecule has 0 radical (unpaired) electrons. The van der Waals surface area contributed by atoms with E-state index in [9.17, 15) is 9.59 Å². The normalized spacial score (nSPS) is 12.2. The lowest BCUT2D eigenvalue weighted by molar-refractivity contribution is -0.140. The Morgan fingerprint density at radius 3 is 2.50 bits per heavy atom. The molecule has 8 heteroatoms. The third-order valence-corrected chi connectivity index (χ3v) is 3.19. The van der Waals surface area contributed by atoms with E-state index in [-0.39, 0.29) is 5.92 Å². The SMILES string of the molecule is CCc1nnc(NC(=O)NC(C(=O)O)C(C)C)s1. The van der Waals surface area contributed by atoms with Crippen molar-refractivity contribution in [2.45, 2.75) is 33.2 Å². The van der Waals surface area contributed by atoms with Gasteiger partial charge in [0, 0.05) is 0 Å². The number of carbonyl (C=O) groups excluding carboxylic acids is 1. The number of hydrogen-bond acceptors (Lipinski definition) is 5. The Balaban J connectivity index is 2.57. The number of carboxylic acid groups (broad SMARTS) is 1. The lowest BCUT2D eigenvalue weighted by Gasteiger charge is -2.17. The molecule has 0 aliphatic heterocycles. The van der Waals surface area contributed by atoms with Crippen molar-refractivity contribution in [3.63, 3.8) is 0 Å². The van der Waals surface area contributed by atoms with Gasteiger partial charge in [0.15, 0.2) is 0 Å². The van der Waals surface area contributed by atoms with Crippen molar-refractivity contribution in [3.8, 4) is 0 Å². The quantitative estimate of drug-likeness (QED) is 0.750. The Hall–Kier alpha value is -1.70. The Labute approximate surface area is 109 Å². The van der Waals surface area contributed by atoms with E-state index < -0.39 is 18.0 Å². The zero-order valence-electron chi connectivity index (χ0n) is 10.4. The van der Waals surface area contributed by atoms with Gasteiger partial charge in [-0.25, -0.2) is 9.59 Å². The van der Waals surface area contributed by atoms with Crippen molar-refractivity contribution >= 4 is 28.5 Å². The first kappa shape index (κ1) is 14.4. The van der Waals surface area contributed by atoms with Crippen LogP contribution < -0.4 is 10.6 Å². The maximum absolute atomic E-state index is 11.6. The van der Waals surface area contributed by atoms with Crippen LogP contribution >= 0.6 is 11.3 Å². The number of nitrogens with one attached hydrogen (secondary N) is 2. The topological polar surface area (TPSA) is 104 Å². The number of rotatable bonds is 5. The Morgan fingerprint density at radius 1 is 1.39 bits per heavy atom. The second-order valence-electron chi connectivity index (χ2n) is 4.01. The fraction of sp³-hybridized carbons (Fsp3) is 0.600. The second-order valence-corrected chi connectivity index (χ2v) is 5.07. The average Bonchev–Trinajstić information content (AvgIpc) is 2.72. The monoisotopic (exact) mass is 272 g/mol. The molecule has 1 rings (SSSR count). The first-order valence-electron chi connectivity index (χ1n) is 5.56. The minimum atomic E-state index is -1.06. The minimum Gasteiger partial charge on any atom is -0.480 e. The summed E-state index contributed by atoms with van der Waals surface area (Å²) in [5.74, 6) is -1.26. The Kier molecular flexibility index (Phi) is 5.02. The van der Waals surface area contributed by atoms with Crippen molar-refractivity contribution < 1.29 is 14.7 Å². The van der Waals surface area contributed by atoms with Crippen molar-refractivity contribution in [1.29, 1.82) is 0 Å². The first-order valence-corrected chi connectivity index (χ1v) is 6.38. The van der Waals surface area contributed by atoms with Gasteiger partial charge in [0.25, 0.3) is 0 Å². The highest BCUT2D eigenvalue weighted by atomic mass is 32.1. The number of hydrogen-bond donors (Lipinski definition) is 3. The van der Waals surface area contributed by atoms with Gasteiger partial charge in [-0.3, -0.25) is 5.32 Å². The van der Waals surface area contributed by atoms with Crippen molar-refractivity contribution in [2.75, 3.05) is 5.32 Å². The van der Waals surface area contributed by atoms with E-state index in [1.54, 1.807) is 13.8 Å². The Morgan fingerprint density at radius 2 is 2.06 bits per heavy atom. The van der Waals surface area contributed by atoms with Gasteiger partial charge in [0.05, 0.1) is 0 Å². The molecule has 1 atom stereocenters. The fourth-order valence-electron chi connectivity index (χ4n) is 1.23. The summed E-state index contributed by atoms with van der Waals surface area (Å²) >= 11 is 1.26. The lowest BCUT2D eigenvalue weighted by atomic mass is 10.1. The van der Waals surface area contributed by atoms with E-state index in [0.29, 0.717) is 5.13 Å². The van der Waals surface area contributed by atoms with Crippen LogP contribution in [0.1, 0.15) is 25.8 Å². The molecular formula is C10H16N4O3S. The molecule has 0 fully saturated rings. The lowest BCUT2D eigenvalue weighted by Crippen LogP contribution is -2.46. The Bertz CT molecular complexity index is 433. The summed E-state index contributed by atoms with van der Waals surface area (Å²) in [5, 5.41) is 22.6. The van der Waals surface area contributed by atoms with Crippen LogP contribution in [0.5, 0.6) is 0 Å². The highest BCUT2D eigenvalue weighted by Gasteiger charge is 2.23. The maximum atomic E-state index is 11.6. The van der Waals surface area contributed by atoms with Crippen molar-refractivity contribution in [3.05, 3.63) is 5.01 Å². The molecule has 1 aromatic rings. The van der Waals surface area contributed by atoms with Gasteiger partial charge >= 0.3 is 12.0 Å². The summed E-state index contributed by atoms with van der Waals surface area (Å²) in [6, 6.07) is -1.52. The summed E-state index contributed by atoms with van der Waals surface area (Å²) in [5.41, 5.74) is 0. The summed E-state index contributed by atoms with van der Waals surface area (Å²) in [6.45, 7) is 5.38. The van der Waals surface area contributed by atoms with Crippen molar-refractivity contribution in [2.24, 2.45) is 5.92 Å². The van der Waals surface area contributed by atoms with E-state index >= 15 is 0 Å². The second kappa shape index (κ2) is 6.29. The summed E-state index contributed by atoms with van der Waals surface area (Å²) in [7, 11) is 0. The van der Waals surface area contributed by atoms with Gasteiger partial charge in [0.1, 0.15) is 11.0 Å². The molecule has 1 aromatic heterocycles. The number of anilines is 1. The van der Waals surface area contributed by atoms with E-state index in [4.69, 9.17) is 5.11 Å². The molecule has 0 aromatic carbocycles. The van der Waals surface area contributed by atoms with Crippen LogP contribution in [0.4, 0.5) is 9.93 Å². The number of aryl methyl sites for hydroxylation is 1. The number of aromatic nitrogens is 2. The number of carbonyl (C=O) groups is 2. The van der Waals surface area contributed by atoms with Crippen LogP contribution in [-0.4, -0.2) is 33.3 Å². The predicted octanol–water partition coefficient (Wildman–Crippen LogP) is 1.33. The minimum absolute atomic E-state index is 0.200. The molecule has 0 spiro atoms. The van der Waals surface area contributed by atoms with Gasteiger partial charge in [-0.2, -0.15) is 0 Å². The van der Waals surface area contributed by atoms with Gasteiger partial charge < -0.3 is 10.4 Å². The maximum Gasteiger partial charge on any atom is 0.326 e. The number of amides is 2. The molecule has 0 saturated heterocycles. The number of urea groups is 1. The van der Waals surface area contributed by atoms with Crippen LogP contribution in [-0.2, 0) is 11.2 Å². The van der Waals surface area contributed by atoms with Gasteiger partial charge in [-0.15, -0.1) is 10.2 Å². The van der Waals surface area contributed by atoms with Crippen molar-refractivity contribution in [1.82, 2.24) is 15.5 Å². The zero-order chi connectivity index (χ0) is 13.7. The smallest absolute Gasteiger partial charge is 0.326 e. The average molecular weight is 272 g/mol. The largest absolute Gasteiger partial charge is 0.480 e. The summed E-state index contributed by atoms with van der Waals surface area (Å²) in [6.07, 6.45) is 0.741. The van der Waals surface area contributed by atoms with Gasteiger partial charge in [-0.05, 0) is 12.3 Å². The third kappa shape index (κ3) is 3.95. The molecule has 1 heterocycles. The number of carboxylic acids is 1. The molecule has 1 unspecified atom stereocenters. The predicted molar refractivity (Wildman–Crippen MR) is 67.7 cm³/mol. The van der Waals surface area contributed by atoms with Crippen LogP contribution in [0.15, 0.2) is 0 Å². The van der Waals surface area contributed by atoms with Gasteiger partial charge in [0.2, 0.25) is 5.13 Å². The zero-order valence-corrected chi connectivity index (χ0v) is 11.2. The molecule has 2 amide bonds. The first-order chi connectivity index (χ1) is 8.43. The molecule has 0 aliphatic rings. The van der Waals surface area contributed by atoms with E-state index in [1.807, 2.05) is 6.92 Å².